The normalized spacial score (nSPS) is 18.7. The predicted molar refractivity (Wildman–Crippen MR) is 31.7 cm³/mol. The second kappa shape index (κ2) is 2.33. The third kappa shape index (κ3) is 1.19. The van der Waals surface area contributed by atoms with Crippen molar-refractivity contribution in [2.45, 2.75) is 13.2 Å². The molecule has 0 spiro atoms. The Hall–Kier alpha value is -1.33. The first-order valence-electron chi connectivity index (χ1n) is 2.97. The third-order valence-electron chi connectivity index (χ3n) is 1.35. The van der Waals surface area contributed by atoms with E-state index in [1.165, 1.54) is 0 Å². The van der Waals surface area contributed by atoms with E-state index in [1.54, 1.807) is 0 Å². The van der Waals surface area contributed by atoms with E-state index in [-0.39, 0.29) is 5.57 Å². The van der Waals surface area contributed by atoms with Crippen LogP contribution in [0.4, 0.5) is 13.2 Å². The lowest BCUT2D eigenvalue weighted by molar-refractivity contribution is -0.231. The Morgan fingerprint density at radius 1 is 1.33 bits per heavy atom. The van der Waals surface area contributed by atoms with Crippen LogP contribution in [0.15, 0.2) is 11.6 Å². The van der Waals surface area contributed by atoms with Gasteiger partial charge in [0.25, 0.3) is 11.8 Å². The van der Waals surface area contributed by atoms with Gasteiger partial charge in [-0.05, 0) is 6.92 Å². The SMILES string of the molecule is CC1=CC(=O)N(C(F)(F)F)C1=O. The third-order valence-corrected chi connectivity index (χ3v) is 1.35. The lowest BCUT2D eigenvalue weighted by Gasteiger charge is -2.16. The minimum atomic E-state index is -4.91. The zero-order valence-corrected chi connectivity index (χ0v) is 5.97. The van der Waals surface area contributed by atoms with Crippen molar-refractivity contribution in [2.75, 3.05) is 0 Å². The van der Waals surface area contributed by atoms with Gasteiger partial charge in [-0.3, -0.25) is 9.59 Å². The van der Waals surface area contributed by atoms with E-state index in [4.69, 9.17) is 0 Å². The van der Waals surface area contributed by atoms with E-state index in [2.05, 4.69) is 0 Å². The fourth-order valence-corrected chi connectivity index (χ4v) is 0.828. The first-order chi connectivity index (χ1) is 5.34. The van der Waals surface area contributed by atoms with Crippen LogP contribution < -0.4 is 0 Å². The van der Waals surface area contributed by atoms with E-state index < -0.39 is 23.0 Å². The van der Waals surface area contributed by atoms with Gasteiger partial charge in [0, 0.05) is 11.6 Å². The van der Waals surface area contributed by atoms with Gasteiger partial charge in [-0.2, -0.15) is 4.90 Å². The van der Waals surface area contributed by atoms with Crippen molar-refractivity contribution in [1.29, 1.82) is 0 Å². The first-order valence-corrected chi connectivity index (χ1v) is 2.97. The second-order valence-corrected chi connectivity index (χ2v) is 2.27. The smallest absolute Gasteiger partial charge is 0.269 e. The molecule has 1 aliphatic rings. The standard InChI is InChI=1S/C6H4F3NO2/c1-3-2-4(11)10(5(3)12)6(7,8)9/h2H,1H3. The zero-order chi connectivity index (χ0) is 9.52. The van der Waals surface area contributed by atoms with Crippen molar-refractivity contribution < 1.29 is 22.8 Å². The summed E-state index contributed by atoms with van der Waals surface area (Å²) in [7, 11) is 0. The molecule has 1 heterocycles. The Labute approximate surface area is 65.4 Å². The van der Waals surface area contributed by atoms with Crippen molar-refractivity contribution in [1.82, 2.24) is 4.90 Å². The van der Waals surface area contributed by atoms with Crippen LogP contribution >= 0.6 is 0 Å². The summed E-state index contributed by atoms with van der Waals surface area (Å²) in [5.74, 6) is -2.63. The molecule has 0 aromatic carbocycles. The summed E-state index contributed by atoms with van der Waals surface area (Å²) in [4.78, 5) is 20.5. The monoisotopic (exact) mass is 179 g/mol. The quantitative estimate of drug-likeness (QED) is 0.407. The van der Waals surface area contributed by atoms with E-state index in [0.717, 1.165) is 6.92 Å². The number of nitrogens with zero attached hydrogens (tertiary/aromatic N) is 1. The van der Waals surface area contributed by atoms with Gasteiger partial charge in [-0.1, -0.05) is 0 Å². The van der Waals surface area contributed by atoms with Gasteiger partial charge >= 0.3 is 6.30 Å². The maximum Gasteiger partial charge on any atom is 0.494 e. The van der Waals surface area contributed by atoms with Gasteiger partial charge in [0.1, 0.15) is 0 Å². The Bertz CT molecular complexity index is 279. The Morgan fingerprint density at radius 2 is 1.83 bits per heavy atom. The molecule has 0 unspecified atom stereocenters. The predicted octanol–water partition coefficient (Wildman–Crippen LogP) is 0.821. The highest BCUT2D eigenvalue weighted by molar-refractivity contribution is 6.16. The molecule has 0 N–H and O–H groups in total. The molecular formula is C6H4F3NO2. The molecule has 0 fully saturated rings. The summed E-state index contributed by atoms with van der Waals surface area (Å²) < 4.78 is 35.7. The minimum absolute atomic E-state index is 0.197. The van der Waals surface area contributed by atoms with Crippen molar-refractivity contribution in [3.05, 3.63) is 11.6 Å². The molecule has 3 nitrogen and oxygen atoms in total. The molecule has 0 atom stereocenters. The topological polar surface area (TPSA) is 37.4 Å². The van der Waals surface area contributed by atoms with Gasteiger partial charge in [-0.15, -0.1) is 13.2 Å². The molecule has 0 bridgehead atoms. The lowest BCUT2D eigenvalue weighted by atomic mass is 10.3. The highest BCUT2D eigenvalue weighted by Crippen LogP contribution is 2.27. The fraction of sp³-hybridized carbons (Fsp3) is 0.333. The summed E-state index contributed by atoms with van der Waals surface area (Å²) >= 11 is 0. The highest BCUT2D eigenvalue weighted by atomic mass is 19.4. The van der Waals surface area contributed by atoms with Gasteiger partial charge in [0.15, 0.2) is 0 Å². The van der Waals surface area contributed by atoms with E-state index in [9.17, 15) is 22.8 Å². The van der Waals surface area contributed by atoms with Crippen molar-refractivity contribution in [3.8, 4) is 0 Å². The summed E-state index contributed by atoms with van der Waals surface area (Å²) in [6.45, 7) is 1.16. The number of halogens is 3. The molecule has 66 valence electrons. The lowest BCUT2D eigenvalue weighted by Crippen LogP contribution is -2.42. The number of hydrogen-bond donors (Lipinski definition) is 0. The number of carbonyl (C=O) groups is 2. The van der Waals surface area contributed by atoms with Crippen LogP contribution in [0.3, 0.4) is 0 Å². The van der Waals surface area contributed by atoms with Crippen molar-refractivity contribution in [2.24, 2.45) is 0 Å². The van der Waals surface area contributed by atoms with Gasteiger partial charge in [0.05, 0.1) is 0 Å². The largest absolute Gasteiger partial charge is 0.494 e. The van der Waals surface area contributed by atoms with E-state index in [0.29, 0.717) is 6.08 Å². The Balaban J connectivity index is 2.99. The second-order valence-electron chi connectivity index (χ2n) is 2.27. The average molecular weight is 179 g/mol. The fourth-order valence-electron chi connectivity index (χ4n) is 0.828. The van der Waals surface area contributed by atoms with E-state index in [1.807, 2.05) is 0 Å². The number of alkyl halides is 3. The number of imide groups is 1. The number of amides is 2. The molecule has 1 rings (SSSR count). The van der Waals surface area contributed by atoms with Gasteiger partial charge in [-0.25, -0.2) is 0 Å². The average Bonchev–Trinajstić information content (AvgIpc) is 2.05. The summed E-state index contributed by atoms with van der Waals surface area (Å²) in [5, 5.41) is 0. The molecule has 12 heavy (non-hydrogen) atoms. The first kappa shape index (κ1) is 8.76. The van der Waals surface area contributed by atoms with Crippen LogP contribution in [0.2, 0.25) is 0 Å². The van der Waals surface area contributed by atoms with Crippen LogP contribution in [0, 0.1) is 0 Å². The van der Waals surface area contributed by atoms with Crippen LogP contribution in [-0.4, -0.2) is 23.0 Å². The Kier molecular flexibility index (Phi) is 1.70. The molecule has 0 saturated heterocycles. The molecular weight excluding hydrogens is 175 g/mol. The van der Waals surface area contributed by atoms with Gasteiger partial charge < -0.3 is 0 Å². The Morgan fingerprint density at radius 3 is 2.00 bits per heavy atom. The number of carbonyl (C=O) groups excluding carboxylic acids is 2. The molecule has 2 amide bonds. The molecule has 0 aromatic rings. The molecule has 0 saturated carbocycles. The molecule has 0 aliphatic carbocycles. The maximum absolute atomic E-state index is 11.9. The minimum Gasteiger partial charge on any atom is -0.269 e. The molecule has 0 aromatic heterocycles. The van der Waals surface area contributed by atoms with Gasteiger partial charge in [0.2, 0.25) is 0 Å². The van der Waals surface area contributed by atoms with E-state index >= 15 is 0 Å². The number of hydrogen-bond acceptors (Lipinski definition) is 2. The van der Waals surface area contributed by atoms with Crippen LogP contribution in [0.1, 0.15) is 6.92 Å². The summed E-state index contributed by atoms with van der Waals surface area (Å²) in [6, 6.07) is 0. The van der Waals surface area contributed by atoms with Crippen molar-refractivity contribution in [3.63, 3.8) is 0 Å². The molecule has 6 heteroatoms. The van der Waals surface area contributed by atoms with Crippen LogP contribution in [0.5, 0.6) is 0 Å². The van der Waals surface area contributed by atoms with Crippen LogP contribution in [0.25, 0.3) is 0 Å². The molecule has 0 radical (unpaired) electrons. The summed E-state index contributed by atoms with van der Waals surface area (Å²) in [5.41, 5.74) is -0.197. The zero-order valence-electron chi connectivity index (χ0n) is 5.97. The highest BCUT2D eigenvalue weighted by Gasteiger charge is 2.48. The summed E-state index contributed by atoms with van der Waals surface area (Å²) in [6.07, 6.45) is -4.25. The number of rotatable bonds is 0. The van der Waals surface area contributed by atoms with Crippen LogP contribution in [-0.2, 0) is 9.59 Å². The maximum atomic E-state index is 11.9. The van der Waals surface area contributed by atoms with Crippen molar-refractivity contribution >= 4 is 11.8 Å². The molecule has 1 aliphatic heterocycles.